The number of benzene rings is 1. The van der Waals surface area contributed by atoms with Gasteiger partial charge in [0.05, 0.1) is 12.0 Å². The molecule has 0 atom stereocenters. The molecule has 3 heterocycles. The first-order valence-electron chi connectivity index (χ1n) is 12.2. The molecule has 1 aromatic carbocycles. The van der Waals surface area contributed by atoms with E-state index in [1.807, 2.05) is 39.4 Å². The number of aliphatic carboxylic acids is 1. The maximum Gasteiger partial charge on any atom is 0.490 e. The van der Waals surface area contributed by atoms with Gasteiger partial charge in [0.15, 0.2) is 11.9 Å². The predicted octanol–water partition coefficient (Wildman–Crippen LogP) is 3.61. The van der Waals surface area contributed by atoms with Gasteiger partial charge in [0.25, 0.3) is 5.91 Å². The minimum absolute atomic E-state index is 0.0786. The van der Waals surface area contributed by atoms with E-state index < -0.39 is 12.1 Å². The zero-order valence-corrected chi connectivity index (χ0v) is 22.9. The van der Waals surface area contributed by atoms with Gasteiger partial charge in [0, 0.05) is 43.5 Å². The van der Waals surface area contributed by atoms with Crippen LogP contribution < -0.4 is 21.5 Å². The first-order chi connectivity index (χ1) is 19.3. The Labute approximate surface area is 237 Å². The number of methoxy groups -OCH3 is 1. The summed E-state index contributed by atoms with van der Waals surface area (Å²) in [5.74, 6) is -2.07. The number of nitrogens with zero attached hydrogens (tertiary/aromatic N) is 2. The second kappa shape index (κ2) is 13.2. The number of nitrogens with one attached hydrogen (secondary N) is 3. The molecule has 0 spiro atoms. The Morgan fingerprint density at radius 3 is 2.05 bits per heavy atom. The summed E-state index contributed by atoms with van der Waals surface area (Å²) >= 11 is 1.41. The molecule has 0 saturated carbocycles. The molecule has 2 aromatic rings. The smallest absolute Gasteiger partial charge is 0.490 e. The van der Waals surface area contributed by atoms with Gasteiger partial charge in [0.2, 0.25) is 0 Å². The number of anilines is 1. The molecule has 2 aliphatic rings. The summed E-state index contributed by atoms with van der Waals surface area (Å²) in [7, 11) is 1.62. The van der Waals surface area contributed by atoms with Gasteiger partial charge in [-0.05, 0) is 53.1 Å². The van der Waals surface area contributed by atoms with E-state index in [2.05, 4.69) is 17.5 Å². The van der Waals surface area contributed by atoms with Crippen molar-refractivity contribution in [1.29, 1.82) is 10.8 Å². The Bertz CT molecular complexity index is 1390. The number of amides is 1. The second-order valence-electron chi connectivity index (χ2n) is 8.99. The molecular weight excluding hydrogens is 563 g/mol. The quantitative estimate of drug-likeness (QED) is 0.225. The number of carbonyl (C=O) groups excluding carboxylic acids is 1. The van der Waals surface area contributed by atoms with Crippen LogP contribution in [0.25, 0.3) is 11.1 Å². The molecule has 0 saturated heterocycles. The van der Waals surface area contributed by atoms with Gasteiger partial charge in [-0.2, -0.15) is 13.2 Å². The Kier molecular flexibility index (Phi) is 9.99. The van der Waals surface area contributed by atoms with E-state index in [-0.39, 0.29) is 17.8 Å². The van der Waals surface area contributed by atoms with Crippen LogP contribution in [0.1, 0.15) is 33.6 Å². The number of hydrogen-bond donors (Lipinski definition) is 6. The van der Waals surface area contributed by atoms with Crippen LogP contribution in [0.3, 0.4) is 0 Å². The number of thiophene rings is 1. The van der Waals surface area contributed by atoms with Gasteiger partial charge in [-0.15, -0.1) is 11.3 Å². The van der Waals surface area contributed by atoms with E-state index in [0.29, 0.717) is 42.5 Å². The fourth-order valence-corrected chi connectivity index (χ4v) is 4.96. The van der Waals surface area contributed by atoms with Crippen LogP contribution in [0.2, 0.25) is 0 Å². The molecule has 0 unspecified atom stereocenters. The van der Waals surface area contributed by atoms with Crippen molar-refractivity contribution in [3.63, 3.8) is 0 Å². The molecule has 1 aromatic heterocycles. The zero-order valence-electron chi connectivity index (χ0n) is 22.0. The molecule has 0 aliphatic carbocycles. The lowest BCUT2D eigenvalue weighted by Crippen LogP contribution is -2.39. The standard InChI is InChI=1S/C24H29N7O2S.C2HF3O2/c1-33-20-13-18(2-3-19(20)16-6-10-31(11-7-16)24(27)28)29-22(32)21-12-17(14-34-21)15-4-8-30(9-5-15)23(25)26;3-2(4,5)1(6)7/h2-4,6,12-14H,5,7-11H2,1H3,(H3,25,26)(H3,27,28)(H,29,32);(H,6,7). The highest BCUT2D eigenvalue weighted by Crippen LogP contribution is 2.33. The number of nitrogens with two attached hydrogens (primary N) is 2. The number of alkyl halides is 3. The first-order valence-corrected chi connectivity index (χ1v) is 13.1. The van der Waals surface area contributed by atoms with Crippen molar-refractivity contribution < 1.29 is 32.6 Å². The molecule has 41 heavy (non-hydrogen) atoms. The topological polar surface area (TPSA) is 182 Å². The molecule has 15 heteroatoms. The number of carbonyl (C=O) groups is 2. The van der Waals surface area contributed by atoms with Crippen LogP contribution in [0.5, 0.6) is 5.75 Å². The zero-order chi connectivity index (χ0) is 30.3. The van der Waals surface area contributed by atoms with Crippen LogP contribution >= 0.6 is 11.3 Å². The van der Waals surface area contributed by atoms with E-state index >= 15 is 0 Å². The third kappa shape index (κ3) is 8.23. The van der Waals surface area contributed by atoms with Crippen LogP contribution in [-0.2, 0) is 4.79 Å². The lowest BCUT2D eigenvalue weighted by atomic mass is 9.98. The fraction of sp³-hybridized carbons (Fsp3) is 0.308. The minimum Gasteiger partial charge on any atom is -0.496 e. The van der Waals surface area contributed by atoms with E-state index in [1.165, 1.54) is 16.9 Å². The van der Waals surface area contributed by atoms with E-state index in [9.17, 15) is 18.0 Å². The molecule has 0 fully saturated rings. The third-order valence-corrected chi connectivity index (χ3v) is 7.27. The van der Waals surface area contributed by atoms with Crippen molar-refractivity contribution in [1.82, 2.24) is 9.80 Å². The Hall–Kier alpha value is -4.53. The molecule has 0 bridgehead atoms. The third-order valence-electron chi connectivity index (χ3n) is 6.34. The molecule has 4 rings (SSSR count). The van der Waals surface area contributed by atoms with Gasteiger partial charge in [-0.1, -0.05) is 12.2 Å². The number of guanidine groups is 2. The molecule has 8 N–H and O–H groups in total. The number of ether oxygens (including phenoxy) is 1. The second-order valence-corrected chi connectivity index (χ2v) is 9.90. The van der Waals surface area contributed by atoms with Crippen LogP contribution in [0.4, 0.5) is 18.9 Å². The number of halogens is 3. The number of rotatable bonds is 5. The highest BCUT2D eigenvalue weighted by Gasteiger charge is 2.38. The number of hydrogen-bond acceptors (Lipinski definition) is 6. The summed E-state index contributed by atoms with van der Waals surface area (Å²) in [5.41, 5.74) is 16.1. The summed E-state index contributed by atoms with van der Waals surface area (Å²) < 4.78 is 37.3. The van der Waals surface area contributed by atoms with Gasteiger partial charge < -0.3 is 36.4 Å². The highest BCUT2D eigenvalue weighted by molar-refractivity contribution is 7.12. The molecule has 0 radical (unpaired) electrons. The van der Waals surface area contributed by atoms with Crippen molar-refractivity contribution in [2.75, 3.05) is 38.6 Å². The normalized spacial score (nSPS) is 15.1. The Morgan fingerprint density at radius 2 is 1.59 bits per heavy atom. The van der Waals surface area contributed by atoms with Crippen LogP contribution in [-0.4, -0.2) is 78.2 Å². The van der Waals surface area contributed by atoms with Crippen molar-refractivity contribution >= 4 is 52.0 Å². The number of carboxylic acid groups (broad SMARTS) is 1. The van der Waals surface area contributed by atoms with Crippen molar-refractivity contribution in [3.05, 3.63) is 57.8 Å². The first kappa shape index (κ1) is 31.0. The SMILES string of the molecule is COc1cc(NC(=O)c2cc(C3=CCN(C(=N)N)CC3)cs2)ccc1C1=CCN(C(=N)N)CC1.O=C(O)C(F)(F)F. The monoisotopic (exact) mass is 593 g/mol. The van der Waals surface area contributed by atoms with Crippen LogP contribution in [0, 0.1) is 10.8 Å². The molecule has 1 amide bonds. The summed E-state index contributed by atoms with van der Waals surface area (Å²) in [6, 6.07) is 7.58. The van der Waals surface area contributed by atoms with Crippen LogP contribution in [0.15, 0.2) is 41.8 Å². The van der Waals surface area contributed by atoms with Gasteiger partial charge >= 0.3 is 12.1 Å². The van der Waals surface area contributed by atoms with Crippen molar-refractivity contribution in [2.24, 2.45) is 11.5 Å². The maximum atomic E-state index is 12.9. The summed E-state index contributed by atoms with van der Waals surface area (Å²) in [6.07, 6.45) is 0.591. The van der Waals surface area contributed by atoms with Crippen molar-refractivity contribution in [3.8, 4) is 5.75 Å². The minimum atomic E-state index is -5.08. The summed E-state index contributed by atoms with van der Waals surface area (Å²) in [4.78, 5) is 26.0. The summed E-state index contributed by atoms with van der Waals surface area (Å²) in [5, 5.41) is 27.2. The van der Waals surface area contributed by atoms with Gasteiger partial charge in [-0.3, -0.25) is 15.6 Å². The maximum absolute atomic E-state index is 12.9. The largest absolute Gasteiger partial charge is 0.496 e. The molecular formula is C26H30F3N7O4S. The lowest BCUT2D eigenvalue weighted by molar-refractivity contribution is -0.192. The van der Waals surface area contributed by atoms with Gasteiger partial charge in [-0.25, -0.2) is 4.79 Å². The lowest BCUT2D eigenvalue weighted by Gasteiger charge is -2.27. The fourth-order valence-electron chi connectivity index (χ4n) is 4.13. The van der Waals surface area contributed by atoms with E-state index in [1.54, 1.807) is 7.11 Å². The van der Waals surface area contributed by atoms with Gasteiger partial charge in [0.1, 0.15) is 5.75 Å². The Morgan fingerprint density at radius 1 is 1.02 bits per heavy atom. The predicted molar refractivity (Wildman–Crippen MR) is 151 cm³/mol. The average molecular weight is 594 g/mol. The van der Waals surface area contributed by atoms with E-state index in [0.717, 1.165) is 29.5 Å². The molecule has 220 valence electrons. The summed E-state index contributed by atoms with van der Waals surface area (Å²) in [6.45, 7) is 2.59. The molecule has 2 aliphatic heterocycles. The highest BCUT2D eigenvalue weighted by atomic mass is 32.1. The average Bonchev–Trinajstić information content (AvgIpc) is 3.43. The molecule has 11 nitrogen and oxygen atoms in total. The number of carboxylic acids is 1. The Balaban J connectivity index is 0.000000587. The van der Waals surface area contributed by atoms with E-state index in [4.69, 9.17) is 36.9 Å². The van der Waals surface area contributed by atoms with Crippen molar-refractivity contribution in [2.45, 2.75) is 19.0 Å².